The molecular weight excluding hydrogens is 340 g/mol. The van der Waals surface area contributed by atoms with Gasteiger partial charge < -0.3 is 14.8 Å². The molecule has 1 aliphatic rings. The molecule has 1 saturated carbocycles. The van der Waals surface area contributed by atoms with Crippen molar-refractivity contribution in [1.29, 1.82) is 5.26 Å². The zero-order valence-electron chi connectivity index (χ0n) is 15.5. The molecule has 1 amide bonds. The maximum absolute atomic E-state index is 12.5. The van der Waals surface area contributed by atoms with Gasteiger partial charge in [-0.05, 0) is 56.2 Å². The highest BCUT2D eigenvalue weighted by molar-refractivity contribution is 5.82. The van der Waals surface area contributed by atoms with Gasteiger partial charge >= 0.3 is 0 Å². The van der Waals surface area contributed by atoms with Crippen molar-refractivity contribution in [2.75, 3.05) is 0 Å². The van der Waals surface area contributed by atoms with E-state index in [2.05, 4.69) is 11.4 Å². The van der Waals surface area contributed by atoms with Gasteiger partial charge in [0.15, 0.2) is 6.10 Å². The van der Waals surface area contributed by atoms with Crippen LogP contribution in [-0.4, -0.2) is 17.6 Å². The first kappa shape index (κ1) is 18.8. The van der Waals surface area contributed by atoms with Crippen LogP contribution in [0.1, 0.15) is 39.0 Å². The monoisotopic (exact) mass is 364 g/mol. The maximum Gasteiger partial charge on any atom is 0.262 e. The first-order valence-corrected chi connectivity index (χ1v) is 9.33. The van der Waals surface area contributed by atoms with Crippen LogP contribution in [0.4, 0.5) is 0 Å². The summed E-state index contributed by atoms with van der Waals surface area (Å²) < 4.78 is 11.5. The number of ether oxygens (including phenoxy) is 2. The molecule has 2 aromatic rings. The lowest BCUT2D eigenvalue weighted by molar-refractivity contribution is -0.129. The highest BCUT2D eigenvalue weighted by Gasteiger charge is 2.35. The zero-order valence-corrected chi connectivity index (χ0v) is 15.5. The molecule has 27 heavy (non-hydrogen) atoms. The quantitative estimate of drug-likeness (QED) is 0.814. The van der Waals surface area contributed by atoms with Crippen LogP contribution >= 0.6 is 0 Å². The molecule has 1 N–H and O–H groups in total. The summed E-state index contributed by atoms with van der Waals surface area (Å²) in [6, 6.07) is 18.9. The maximum atomic E-state index is 12.5. The van der Waals surface area contributed by atoms with Gasteiger partial charge in [-0.3, -0.25) is 4.79 Å². The van der Waals surface area contributed by atoms with E-state index in [1.807, 2.05) is 30.3 Å². The fourth-order valence-electron chi connectivity index (χ4n) is 3.23. The molecule has 0 radical (unpaired) electrons. The second-order valence-electron chi connectivity index (χ2n) is 6.89. The van der Waals surface area contributed by atoms with Crippen LogP contribution in [0.15, 0.2) is 54.6 Å². The molecule has 0 spiro atoms. The molecule has 0 saturated heterocycles. The predicted octanol–water partition coefficient (Wildman–Crippen LogP) is 4.59. The average molecular weight is 364 g/mol. The molecule has 2 aromatic carbocycles. The van der Waals surface area contributed by atoms with Crippen LogP contribution in [0.2, 0.25) is 0 Å². The lowest BCUT2D eigenvalue weighted by Gasteiger charge is -2.32. The normalized spacial score (nSPS) is 16.6. The molecule has 5 heteroatoms. The highest BCUT2D eigenvalue weighted by atomic mass is 16.5. The Balaban J connectivity index is 1.56. The van der Waals surface area contributed by atoms with Crippen molar-refractivity contribution in [3.63, 3.8) is 0 Å². The lowest BCUT2D eigenvalue weighted by Crippen LogP contribution is -2.52. The zero-order chi connectivity index (χ0) is 19.1. The van der Waals surface area contributed by atoms with Gasteiger partial charge in [-0.1, -0.05) is 37.5 Å². The van der Waals surface area contributed by atoms with Gasteiger partial charge in [0.05, 0.1) is 6.07 Å². The van der Waals surface area contributed by atoms with Gasteiger partial charge in [0, 0.05) is 0 Å². The van der Waals surface area contributed by atoms with Gasteiger partial charge in [-0.2, -0.15) is 5.26 Å². The van der Waals surface area contributed by atoms with Crippen LogP contribution in [0.5, 0.6) is 17.2 Å². The minimum Gasteiger partial charge on any atom is -0.481 e. The number of rotatable bonds is 6. The smallest absolute Gasteiger partial charge is 0.262 e. The van der Waals surface area contributed by atoms with E-state index in [1.165, 1.54) is 0 Å². The highest BCUT2D eigenvalue weighted by Crippen LogP contribution is 2.28. The number of carbonyl (C=O) groups is 1. The van der Waals surface area contributed by atoms with Crippen molar-refractivity contribution < 1.29 is 14.3 Å². The van der Waals surface area contributed by atoms with Crippen molar-refractivity contribution in [2.24, 2.45) is 0 Å². The van der Waals surface area contributed by atoms with E-state index in [4.69, 9.17) is 9.47 Å². The Labute approximate surface area is 159 Å². The number of hydrogen-bond acceptors (Lipinski definition) is 4. The Morgan fingerprint density at radius 3 is 2.22 bits per heavy atom. The summed E-state index contributed by atoms with van der Waals surface area (Å²) >= 11 is 0. The lowest BCUT2D eigenvalue weighted by atomic mass is 9.83. The number of carbonyl (C=O) groups excluding carboxylic acids is 1. The van der Waals surface area contributed by atoms with Crippen molar-refractivity contribution in [2.45, 2.75) is 50.7 Å². The van der Waals surface area contributed by atoms with Crippen LogP contribution in [0.3, 0.4) is 0 Å². The fourth-order valence-corrected chi connectivity index (χ4v) is 3.23. The van der Waals surface area contributed by atoms with E-state index in [-0.39, 0.29) is 5.91 Å². The molecule has 3 rings (SSSR count). The SMILES string of the molecule is C[C@H](Oc1ccc(Oc2ccccc2)cc1)C(=O)NC1(C#N)CCCCC1. The van der Waals surface area contributed by atoms with E-state index >= 15 is 0 Å². The first-order chi connectivity index (χ1) is 13.1. The Morgan fingerprint density at radius 1 is 1.00 bits per heavy atom. The van der Waals surface area contributed by atoms with Crippen LogP contribution < -0.4 is 14.8 Å². The Hall–Kier alpha value is -3.00. The molecule has 0 aromatic heterocycles. The van der Waals surface area contributed by atoms with Gasteiger partial charge in [-0.15, -0.1) is 0 Å². The summed E-state index contributed by atoms with van der Waals surface area (Å²) in [5.41, 5.74) is -0.750. The third-order valence-electron chi connectivity index (χ3n) is 4.77. The number of benzene rings is 2. The third-order valence-corrected chi connectivity index (χ3v) is 4.77. The minimum atomic E-state index is -0.750. The number of nitrogens with one attached hydrogen (secondary N) is 1. The van der Waals surface area contributed by atoms with E-state index in [1.54, 1.807) is 31.2 Å². The van der Waals surface area contributed by atoms with Gasteiger partial charge in [0.2, 0.25) is 0 Å². The van der Waals surface area contributed by atoms with Gasteiger partial charge in [0.25, 0.3) is 5.91 Å². The van der Waals surface area contributed by atoms with Gasteiger partial charge in [-0.25, -0.2) is 0 Å². The Bertz CT molecular complexity index is 791. The van der Waals surface area contributed by atoms with E-state index < -0.39 is 11.6 Å². The number of para-hydroxylation sites is 1. The average Bonchev–Trinajstić information content (AvgIpc) is 2.71. The number of nitriles is 1. The van der Waals surface area contributed by atoms with Crippen molar-refractivity contribution in [1.82, 2.24) is 5.32 Å². The van der Waals surface area contributed by atoms with Crippen molar-refractivity contribution in [3.8, 4) is 23.3 Å². The summed E-state index contributed by atoms with van der Waals surface area (Å²) in [7, 11) is 0. The molecule has 0 unspecified atom stereocenters. The molecule has 0 heterocycles. The summed E-state index contributed by atoms with van der Waals surface area (Å²) in [4.78, 5) is 12.5. The van der Waals surface area contributed by atoms with Crippen LogP contribution in [0, 0.1) is 11.3 Å². The van der Waals surface area contributed by atoms with Crippen molar-refractivity contribution >= 4 is 5.91 Å². The topological polar surface area (TPSA) is 71.3 Å². The largest absolute Gasteiger partial charge is 0.481 e. The first-order valence-electron chi connectivity index (χ1n) is 9.33. The predicted molar refractivity (Wildman–Crippen MR) is 103 cm³/mol. The molecule has 140 valence electrons. The van der Waals surface area contributed by atoms with Crippen molar-refractivity contribution in [3.05, 3.63) is 54.6 Å². The molecule has 1 atom stereocenters. The van der Waals surface area contributed by atoms with E-state index in [9.17, 15) is 10.1 Å². The summed E-state index contributed by atoms with van der Waals surface area (Å²) in [5, 5.41) is 12.4. The molecule has 0 bridgehead atoms. The third kappa shape index (κ3) is 5.01. The molecular formula is C22H24N2O3. The Morgan fingerprint density at radius 2 is 1.59 bits per heavy atom. The number of amides is 1. The minimum absolute atomic E-state index is 0.261. The molecule has 0 aliphatic heterocycles. The Kier molecular flexibility index (Phi) is 5.97. The van der Waals surface area contributed by atoms with E-state index in [0.29, 0.717) is 24.3 Å². The number of nitrogens with zero attached hydrogens (tertiary/aromatic N) is 1. The van der Waals surface area contributed by atoms with Crippen LogP contribution in [-0.2, 0) is 4.79 Å². The summed E-state index contributed by atoms with van der Waals surface area (Å²) in [6.45, 7) is 1.69. The standard InChI is InChI=1S/C22H24N2O3/c1-17(21(25)24-22(16-23)14-6-3-7-15-22)26-19-10-12-20(13-11-19)27-18-8-4-2-5-9-18/h2,4-5,8-13,17H,3,6-7,14-15H2,1H3,(H,24,25)/t17-/m0/s1. The molecule has 1 fully saturated rings. The molecule has 1 aliphatic carbocycles. The van der Waals surface area contributed by atoms with Crippen LogP contribution in [0.25, 0.3) is 0 Å². The second kappa shape index (κ2) is 8.59. The summed E-state index contributed by atoms with van der Waals surface area (Å²) in [5.74, 6) is 1.76. The van der Waals surface area contributed by atoms with E-state index in [0.717, 1.165) is 25.0 Å². The van der Waals surface area contributed by atoms with Gasteiger partial charge in [0.1, 0.15) is 22.8 Å². The second-order valence-corrected chi connectivity index (χ2v) is 6.89. The fraction of sp³-hybridized carbons (Fsp3) is 0.364. The number of hydrogen-bond donors (Lipinski definition) is 1. The molecule has 5 nitrogen and oxygen atoms in total. The summed E-state index contributed by atoms with van der Waals surface area (Å²) in [6.07, 6.45) is 3.76.